The van der Waals surface area contributed by atoms with Gasteiger partial charge in [0.25, 0.3) is 0 Å². The normalized spacial score (nSPS) is 20.7. The minimum Gasteiger partial charge on any atom is -0.391 e. The molecule has 0 saturated carbocycles. The molecule has 0 aromatic carbocycles. The van der Waals surface area contributed by atoms with E-state index in [-0.39, 0.29) is 52.9 Å². The largest absolute Gasteiger partial charge is 0.391 e. The van der Waals surface area contributed by atoms with E-state index in [4.69, 9.17) is 28.4 Å². The van der Waals surface area contributed by atoms with Crippen molar-refractivity contribution in [2.45, 2.75) is 103 Å². The van der Waals surface area contributed by atoms with Crippen LogP contribution in [0.5, 0.6) is 0 Å². The molecule has 0 rings (SSSR count). The predicted molar refractivity (Wildman–Crippen MR) is 131 cm³/mol. The first-order valence-electron chi connectivity index (χ1n) is 12.5. The fourth-order valence-electron chi connectivity index (χ4n) is 3.04. The van der Waals surface area contributed by atoms with Gasteiger partial charge < -0.3 is 59.1 Å². The fraction of sp³-hybridized carbons (Fsp3) is 1.00. The molecule has 10 atom stereocenters. The molecule has 218 valence electrons. The van der Waals surface area contributed by atoms with E-state index in [0.29, 0.717) is 0 Å². The molecule has 0 aliphatic rings. The van der Waals surface area contributed by atoms with Gasteiger partial charge in [-0.25, -0.2) is 0 Å². The first kappa shape index (κ1) is 35.5. The number of rotatable bonds is 23. The van der Waals surface area contributed by atoms with Crippen LogP contribution in [0.2, 0.25) is 0 Å². The second-order valence-electron chi connectivity index (χ2n) is 9.51. The third-order valence-corrected chi connectivity index (χ3v) is 4.50. The lowest BCUT2D eigenvalue weighted by atomic mass is 10.0. The summed E-state index contributed by atoms with van der Waals surface area (Å²) in [6, 6.07) is 0. The van der Waals surface area contributed by atoms with Gasteiger partial charge in [0.15, 0.2) is 0 Å². The van der Waals surface area contributed by atoms with Gasteiger partial charge in [-0.1, -0.05) is 0 Å². The van der Waals surface area contributed by atoms with E-state index in [1.54, 1.807) is 41.5 Å². The molecule has 0 aromatic rings. The van der Waals surface area contributed by atoms with Crippen LogP contribution in [0.1, 0.15) is 41.5 Å². The summed E-state index contributed by atoms with van der Waals surface area (Å²) >= 11 is 0. The van der Waals surface area contributed by atoms with Gasteiger partial charge in [0, 0.05) is 0 Å². The Bertz CT molecular complexity index is 457. The minimum atomic E-state index is -0.944. The molecule has 0 spiro atoms. The molecular formula is C24H50O12. The summed E-state index contributed by atoms with van der Waals surface area (Å²) in [5.41, 5.74) is 0. The van der Waals surface area contributed by atoms with Gasteiger partial charge in [0.2, 0.25) is 0 Å². The highest BCUT2D eigenvalue weighted by Gasteiger charge is 2.39. The van der Waals surface area contributed by atoms with Gasteiger partial charge in [-0.2, -0.15) is 0 Å². The second-order valence-corrected chi connectivity index (χ2v) is 9.51. The van der Waals surface area contributed by atoms with Gasteiger partial charge in [-0.05, 0) is 41.5 Å². The van der Waals surface area contributed by atoms with E-state index in [2.05, 4.69) is 0 Å². The summed E-state index contributed by atoms with van der Waals surface area (Å²) in [6.07, 6.45) is -8.27. The molecule has 0 fully saturated rings. The summed E-state index contributed by atoms with van der Waals surface area (Å²) in [5, 5.41) is 58.6. The SMILES string of the molecule is CC(O)COCC(OCC(C)O)C(OCC(C)O)C(OCC(C)O)C(COCC(C)O)OCC(C)O. The van der Waals surface area contributed by atoms with Crippen molar-refractivity contribution in [3.8, 4) is 0 Å². The van der Waals surface area contributed by atoms with E-state index >= 15 is 0 Å². The van der Waals surface area contributed by atoms with Crippen molar-refractivity contribution in [1.82, 2.24) is 0 Å². The number of hydrogen-bond donors (Lipinski definition) is 6. The lowest BCUT2D eigenvalue weighted by Crippen LogP contribution is -2.54. The Balaban J connectivity index is 6.14. The Hall–Kier alpha value is -0.480. The summed E-state index contributed by atoms with van der Waals surface area (Å²) < 4.78 is 35.0. The molecule has 0 radical (unpaired) electrons. The van der Waals surface area contributed by atoms with Gasteiger partial charge >= 0.3 is 0 Å². The van der Waals surface area contributed by atoms with Gasteiger partial charge in [0.05, 0.1) is 89.5 Å². The molecule has 0 saturated heterocycles. The quantitative estimate of drug-likeness (QED) is 0.0936. The summed E-state index contributed by atoms with van der Waals surface area (Å²) in [4.78, 5) is 0. The Labute approximate surface area is 215 Å². The summed E-state index contributed by atoms with van der Waals surface area (Å²) in [7, 11) is 0. The van der Waals surface area contributed by atoms with Gasteiger partial charge in [-0.15, -0.1) is 0 Å². The molecule has 36 heavy (non-hydrogen) atoms. The van der Waals surface area contributed by atoms with Crippen molar-refractivity contribution < 1.29 is 59.1 Å². The fourth-order valence-corrected chi connectivity index (χ4v) is 3.04. The lowest BCUT2D eigenvalue weighted by Gasteiger charge is -2.38. The molecule has 10 unspecified atom stereocenters. The van der Waals surface area contributed by atoms with Gasteiger partial charge in [0.1, 0.15) is 24.4 Å². The lowest BCUT2D eigenvalue weighted by molar-refractivity contribution is -0.213. The molecule has 6 N–H and O–H groups in total. The number of aliphatic hydroxyl groups is 6. The van der Waals surface area contributed by atoms with Crippen LogP contribution in [0.15, 0.2) is 0 Å². The number of aliphatic hydroxyl groups excluding tert-OH is 6. The molecule has 0 aliphatic heterocycles. The van der Waals surface area contributed by atoms with Crippen LogP contribution in [0.4, 0.5) is 0 Å². The Kier molecular flexibility index (Phi) is 20.2. The zero-order valence-corrected chi connectivity index (χ0v) is 22.6. The highest BCUT2D eigenvalue weighted by Crippen LogP contribution is 2.21. The maximum Gasteiger partial charge on any atom is 0.115 e. The third-order valence-electron chi connectivity index (χ3n) is 4.50. The van der Waals surface area contributed by atoms with E-state index in [1.165, 1.54) is 0 Å². The molecule has 0 aromatic heterocycles. The van der Waals surface area contributed by atoms with E-state index < -0.39 is 61.0 Å². The van der Waals surface area contributed by atoms with Crippen LogP contribution < -0.4 is 0 Å². The average molecular weight is 531 g/mol. The smallest absolute Gasteiger partial charge is 0.115 e. The summed E-state index contributed by atoms with van der Waals surface area (Å²) in [6.45, 7) is 8.99. The monoisotopic (exact) mass is 530 g/mol. The molecule has 0 heterocycles. The van der Waals surface area contributed by atoms with Crippen molar-refractivity contribution in [3.63, 3.8) is 0 Å². The molecular weight excluding hydrogens is 480 g/mol. The second kappa shape index (κ2) is 20.5. The average Bonchev–Trinajstić information content (AvgIpc) is 2.74. The van der Waals surface area contributed by atoms with Crippen LogP contribution in [-0.2, 0) is 28.4 Å². The van der Waals surface area contributed by atoms with Gasteiger partial charge in [-0.3, -0.25) is 0 Å². The molecule has 12 nitrogen and oxygen atoms in total. The van der Waals surface area contributed by atoms with Crippen LogP contribution >= 0.6 is 0 Å². The molecule has 0 aliphatic carbocycles. The van der Waals surface area contributed by atoms with E-state index in [1.807, 2.05) is 0 Å². The van der Waals surface area contributed by atoms with Crippen LogP contribution in [0.25, 0.3) is 0 Å². The number of ether oxygens (including phenoxy) is 6. The molecule has 0 bridgehead atoms. The van der Waals surface area contributed by atoms with Crippen molar-refractivity contribution in [1.29, 1.82) is 0 Å². The highest BCUT2D eigenvalue weighted by atomic mass is 16.6. The Morgan fingerprint density at radius 3 is 0.861 bits per heavy atom. The highest BCUT2D eigenvalue weighted by molar-refractivity contribution is 4.87. The van der Waals surface area contributed by atoms with E-state index in [0.717, 1.165) is 0 Å². The molecule has 12 heteroatoms. The van der Waals surface area contributed by atoms with Crippen molar-refractivity contribution in [2.24, 2.45) is 0 Å². The Morgan fingerprint density at radius 1 is 0.361 bits per heavy atom. The maximum absolute atomic E-state index is 9.90. The van der Waals surface area contributed by atoms with Crippen molar-refractivity contribution >= 4 is 0 Å². The number of hydrogen-bond acceptors (Lipinski definition) is 12. The van der Waals surface area contributed by atoms with Crippen molar-refractivity contribution in [2.75, 3.05) is 52.9 Å². The standard InChI is InChI=1S/C24H50O12/c1-15(25)7-31-13-21(33-9-17(3)27)23(35-11-19(5)29)24(36-12-20(6)30)22(34-10-18(4)28)14-32-8-16(2)26/h15-30H,7-14H2,1-6H3. The first-order valence-corrected chi connectivity index (χ1v) is 12.5. The zero-order valence-electron chi connectivity index (χ0n) is 22.6. The summed E-state index contributed by atoms with van der Waals surface area (Å²) in [5.74, 6) is 0. The predicted octanol–water partition coefficient (Wildman–Crippen LogP) is -1.15. The van der Waals surface area contributed by atoms with Crippen LogP contribution in [-0.4, -0.2) is 145 Å². The van der Waals surface area contributed by atoms with Crippen LogP contribution in [0, 0.1) is 0 Å². The third kappa shape index (κ3) is 18.7. The minimum absolute atomic E-state index is 0.0241. The topological polar surface area (TPSA) is 177 Å². The zero-order chi connectivity index (χ0) is 27.7. The first-order chi connectivity index (χ1) is 16.8. The van der Waals surface area contributed by atoms with Crippen molar-refractivity contribution in [3.05, 3.63) is 0 Å². The molecule has 0 amide bonds. The Morgan fingerprint density at radius 2 is 0.611 bits per heavy atom. The maximum atomic E-state index is 9.90. The van der Waals surface area contributed by atoms with E-state index in [9.17, 15) is 30.6 Å². The van der Waals surface area contributed by atoms with Crippen LogP contribution in [0.3, 0.4) is 0 Å².